The topological polar surface area (TPSA) is 44.3 Å². The van der Waals surface area contributed by atoms with E-state index in [0.717, 1.165) is 31.1 Å². The molecule has 0 bridgehead atoms. The van der Waals surface area contributed by atoms with Crippen LogP contribution < -0.4 is 10.2 Å². The summed E-state index contributed by atoms with van der Waals surface area (Å²) in [7, 11) is 4.04. The largest absolute Gasteiger partial charge is 0.357 e. The summed E-state index contributed by atoms with van der Waals surface area (Å²) in [5.74, 6) is 0.968. The van der Waals surface area contributed by atoms with Crippen LogP contribution in [0.4, 0.5) is 5.82 Å². The summed E-state index contributed by atoms with van der Waals surface area (Å²) >= 11 is 0. The molecule has 1 aliphatic heterocycles. The van der Waals surface area contributed by atoms with Gasteiger partial charge in [0.25, 0.3) is 0 Å². The average molecular weight is 263 g/mol. The maximum Gasteiger partial charge on any atom is 0.147 e. The van der Waals surface area contributed by atoms with Crippen molar-refractivity contribution >= 4 is 5.82 Å². The quantitative estimate of drug-likeness (QED) is 0.833. The average Bonchev–Trinajstić information content (AvgIpc) is 2.86. The summed E-state index contributed by atoms with van der Waals surface area (Å²) in [5.41, 5.74) is 0.991. The van der Waals surface area contributed by atoms with E-state index >= 15 is 0 Å². The number of nitrogens with one attached hydrogen (secondary N) is 1. The van der Waals surface area contributed by atoms with Crippen LogP contribution in [0.5, 0.6) is 0 Å². The Balaban J connectivity index is 1.98. The van der Waals surface area contributed by atoms with Crippen molar-refractivity contribution in [2.75, 3.05) is 38.6 Å². The zero-order chi connectivity index (χ0) is 13.7. The monoisotopic (exact) mass is 263 g/mol. The third-order valence-electron chi connectivity index (χ3n) is 3.81. The van der Waals surface area contributed by atoms with Gasteiger partial charge in [-0.3, -0.25) is 9.88 Å². The Hall–Kier alpha value is -1.20. The molecule has 5 nitrogen and oxygen atoms in total. The minimum absolute atomic E-state index is 0.657. The van der Waals surface area contributed by atoms with Gasteiger partial charge in [-0.1, -0.05) is 6.92 Å². The normalized spacial score (nSPS) is 19.8. The number of hydrogen-bond acceptors (Lipinski definition) is 5. The van der Waals surface area contributed by atoms with Gasteiger partial charge >= 0.3 is 0 Å². The van der Waals surface area contributed by atoms with Crippen molar-refractivity contribution < 1.29 is 0 Å². The number of anilines is 1. The van der Waals surface area contributed by atoms with Gasteiger partial charge in [0, 0.05) is 32.4 Å². The predicted molar refractivity (Wildman–Crippen MR) is 78.3 cm³/mol. The first-order chi connectivity index (χ1) is 9.24. The summed E-state index contributed by atoms with van der Waals surface area (Å²) in [6.07, 6.45) is 6.28. The smallest absolute Gasteiger partial charge is 0.147 e. The standard InChI is InChI=1S/C14H25N5/c1-4-19-7-5-6-13(19)11-18(3)14-10-16-9-12(17-14)8-15-2/h9-10,13,15H,4-8,11H2,1-3H3. The van der Waals surface area contributed by atoms with Gasteiger partial charge in [-0.05, 0) is 33.0 Å². The van der Waals surface area contributed by atoms with E-state index in [9.17, 15) is 0 Å². The molecule has 0 saturated carbocycles. The van der Waals surface area contributed by atoms with Crippen LogP contribution in [0.1, 0.15) is 25.5 Å². The minimum Gasteiger partial charge on any atom is -0.357 e. The molecular formula is C14H25N5. The van der Waals surface area contributed by atoms with Crippen LogP contribution in [-0.2, 0) is 6.54 Å². The maximum absolute atomic E-state index is 4.64. The number of rotatable bonds is 6. The van der Waals surface area contributed by atoms with Crippen LogP contribution in [0.3, 0.4) is 0 Å². The van der Waals surface area contributed by atoms with Crippen LogP contribution in [-0.4, -0.2) is 54.6 Å². The Morgan fingerprint density at radius 2 is 2.32 bits per heavy atom. The summed E-state index contributed by atoms with van der Waals surface area (Å²) in [5, 5.41) is 3.11. The molecule has 0 aliphatic carbocycles. The lowest BCUT2D eigenvalue weighted by Crippen LogP contribution is -2.39. The van der Waals surface area contributed by atoms with Crippen molar-refractivity contribution in [2.45, 2.75) is 32.4 Å². The summed E-state index contributed by atoms with van der Waals surface area (Å²) in [6.45, 7) is 6.42. The third kappa shape index (κ3) is 3.64. The molecule has 1 aromatic rings. The fourth-order valence-corrected chi connectivity index (χ4v) is 2.77. The van der Waals surface area contributed by atoms with Gasteiger partial charge < -0.3 is 10.2 Å². The van der Waals surface area contributed by atoms with Crippen molar-refractivity contribution in [3.05, 3.63) is 18.1 Å². The first kappa shape index (κ1) is 14.2. The second kappa shape index (κ2) is 6.82. The fraction of sp³-hybridized carbons (Fsp3) is 0.714. The second-order valence-corrected chi connectivity index (χ2v) is 5.20. The van der Waals surface area contributed by atoms with E-state index in [-0.39, 0.29) is 0 Å². The Morgan fingerprint density at radius 3 is 3.05 bits per heavy atom. The minimum atomic E-state index is 0.657. The van der Waals surface area contributed by atoms with Crippen LogP contribution in [0.25, 0.3) is 0 Å². The Kier molecular flexibility index (Phi) is 5.10. The lowest BCUT2D eigenvalue weighted by Gasteiger charge is -2.28. The van der Waals surface area contributed by atoms with E-state index in [1.165, 1.54) is 19.4 Å². The highest BCUT2D eigenvalue weighted by molar-refractivity contribution is 5.35. The van der Waals surface area contributed by atoms with E-state index in [2.05, 4.69) is 39.1 Å². The zero-order valence-corrected chi connectivity index (χ0v) is 12.3. The molecular weight excluding hydrogens is 238 g/mol. The molecule has 1 aliphatic rings. The van der Waals surface area contributed by atoms with Crippen LogP contribution in [0, 0.1) is 0 Å². The number of aromatic nitrogens is 2. The van der Waals surface area contributed by atoms with Crippen LogP contribution >= 0.6 is 0 Å². The molecule has 1 N–H and O–H groups in total. The third-order valence-corrected chi connectivity index (χ3v) is 3.81. The van der Waals surface area contributed by atoms with Crippen LogP contribution in [0.15, 0.2) is 12.4 Å². The molecule has 1 atom stereocenters. The highest BCUT2D eigenvalue weighted by Crippen LogP contribution is 2.19. The van der Waals surface area contributed by atoms with Gasteiger partial charge in [-0.2, -0.15) is 0 Å². The molecule has 5 heteroatoms. The van der Waals surface area contributed by atoms with Crippen molar-refractivity contribution in [2.24, 2.45) is 0 Å². The zero-order valence-electron chi connectivity index (χ0n) is 12.3. The van der Waals surface area contributed by atoms with Gasteiger partial charge in [0.2, 0.25) is 0 Å². The second-order valence-electron chi connectivity index (χ2n) is 5.20. The number of nitrogens with zero attached hydrogens (tertiary/aromatic N) is 4. The Bertz CT molecular complexity index is 395. The first-order valence-corrected chi connectivity index (χ1v) is 7.15. The van der Waals surface area contributed by atoms with Crippen molar-refractivity contribution in [1.82, 2.24) is 20.2 Å². The molecule has 19 heavy (non-hydrogen) atoms. The van der Waals surface area contributed by atoms with Crippen molar-refractivity contribution in [1.29, 1.82) is 0 Å². The first-order valence-electron chi connectivity index (χ1n) is 7.15. The molecule has 106 valence electrons. The molecule has 1 aromatic heterocycles. The SMILES string of the molecule is CCN1CCCC1CN(C)c1cncc(CNC)n1. The number of likely N-dealkylation sites (N-methyl/N-ethyl adjacent to an activating group) is 2. The summed E-state index contributed by atoms with van der Waals surface area (Å²) < 4.78 is 0. The summed E-state index contributed by atoms with van der Waals surface area (Å²) in [4.78, 5) is 13.7. The van der Waals surface area contributed by atoms with Gasteiger partial charge in [0.05, 0.1) is 11.9 Å². The van der Waals surface area contributed by atoms with E-state index in [4.69, 9.17) is 0 Å². The molecule has 0 aromatic carbocycles. The van der Waals surface area contributed by atoms with Gasteiger partial charge in [0.15, 0.2) is 0 Å². The van der Waals surface area contributed by atoms with Crippen LogP contribution in [0.2, 0.25) is 0 Å². The van der Waals surface area contributed by atoms with E-state index in [1.807, 2.05) is 19.4 Å². The number of likely N-dealkylation sites (tertiary alicyclic amines) is 1. The van der Waals surface area contributed by atoms with Crippen molar-refractivity contribution in [3.8, 4) is 0 Å². The molecule has 0 radical (unpaired) electrons. The van der Waals surface area contributed by atoms with Gasteiger partial charge in [-0.15, -0.1) is 0 Å². The lowest BCUT2D eigenvalue weighted by molar-refractivity contribution is 0.270. The maximum atomic E-state index is 4.64. The van der Waals surface area contributed by atoms with E-state index in [1.54, 1.807) is 0 Å². The Morgan fingerprint density at radius 1 is 1.47 bits per heavy atom. The molecule has 2 heterocycles. The molecule has 1 fully saturated rings. The van der Waals surface area contributed by atoms with Gasteiger partial charge in [-0.25, -0.2) is 4.98 Å². The molecule has 1 saturated heterocycles. The van der Waals surface area contributed by atoms with Crippen molar-refractivity contribution in [3.63, 3.8) is 0 Å². The predicted octanol–water partition coefficient (Wildman–Crippen LogP) is 1.12. The molecule has 0 amide bonds. The fourth-order valence-electron chi connectivity index (χ4n) is 2.77. The van der Waals surface area contributed by atoms with E-state index < -0.39 is 0 Å². The molecule has 0 spiro atoms. The molecule has 2 rings (SSSR count). The molecule has 1 unspecified atom stereocenters. The highest BCUT2D eigenvalue weighted by Gasteiger charge is 2.24. The van der Waals surface area contributed by atoms with E-state index in [0.29, 0.717) is 6.04 Å². The van der Waals surface area contributed by atoms with Gasteiger partial charge in [0.1, 0.15) is 5.82 Å². The number of hydrogen-bond donors (Lipinski definition) is 1. The lowest BCUT2D eigenvalue weighted by atomic mass is 10.2. The Labute approximate surface area is 116 Å². The summed E-state index contributed by atoms with van der Waals surface area (Å²) in [6, 6.07) is 0.657. The highest BCUT2D eigenvalue weighted by atomic mass is 15.2.